The van der Waals surface area contributed by atoms with Gasteiger partial charge in [0, 0.05) is 6.54 Å². The van der Waals surface area contributed by atoms with Crippen LogP contribution in [0.1, 0.15) is 32.6 Å². The van der Waals surface area contributed by atoms with Crippen molar-refractivity contribution in [3.63, 3.8) is 0 Å². The summed E-state index contributed by atoms with van der Waals surface area (Å²) >= 11 is 0. The lowest BCUT2D eigenvalue weighted by atomic mass is 9.65. The van der Waals surface area contributed by atoms with Crippen LogP contribution in [-0.4, -0.2) is 42.1 Å². The van der Waals surface area contributed by atoms with E-state index in [0.29, 0.717) is 6.61 Å². The van der Waals surface area contributed by atoms with Crippen molar-refractivity contribution in [3.8, 4) is 0 Å². The van der Waals surface area contributed by atoms with E-state index in [1.54, 1.807) is 0 Å². The topological polar surface area (TPSA) is 48.0 Å². The molecule has 4 heterocycles. The number of nitrogens with zero attached hydrogens (tertiary/aromatic N) is 1. The number of ether oxygens (including phenoxy) is 2. The summed E-state index contributed by atoms with van der Waals surface area (Å²) in [4.78, 5) is 17.8. The van der Waals surface area contributed by atoms with Crippen molar-refractivity contribution in [2.45, 2.75) is 50.5 Å². The van der Waals surface area contributed by atoms with Crippen LogP contribution in [0.25, 0.3) is 0 Å². The summed E-state index contributed by atoms with van der Waals surface area (Å²) in [5.74, 6) is -0.239. The number of esters is 1. The third kappa shape index (κ3) is 0.893. The van der Waals surface area contributed by atoms with Crippen molar-refractivity contribution >= 4 is 5.97 Å². The first kappa shape index (κ1) is 10.3. The van der Waals surface area contributed by atoms with Crippen molar-refractivity contribution < 1.29 is 19.1 Å². The number of hydrogen-bond acceptors (Lipinski definition) is 5. The standard InChI is InChI=1S/C12H17NO4/c1-2-4-12-8-9(14)16-10(12)15-7-11(12)5-3-6-13(11)17-8/h8,10H,2-7H2,1H3/t8-,10+,11+,12-/m1/s1. The largest absolute Gasteiger partial charge is 0.433 e. The average Bonchev–Trinajstić information content (AvgIpc) is 2.94. The summed E-state index contributed by atoms with van der Waals surface area (Å²) in [6.07, 6.45) is 3.30. The first-order chi connectivity index (χ1) is 8.24. The van der Waals surface area contributed by atoms with Crippen LogP contribution in [0.15, 0.2) is 0 Å². The van der Waals surface area contributed by atoms with Crippen LogP contribution in [0.2, 0.25) is 0 Å². The van der Waals surface area contributed by atoms with Crippen LogP contribution >= 0.6 is 0 Å². The Kier molecular flexibility index (Phi) is 1.83. The van der Waals surface area contributed by atoms with Gasteiger partial charge in [-0.15, -0.1) is 0 Å². The van der Waals surface area contributed by atoms with Crippen LogP contribution in [0.4, 0.5) is 0 Å². The normalized spacial score (nSPS) is 51.7. The maximum atomic E-state index is 11.9. The molecule has 4 saturated heterocycles. The third-order valence-electron chi connectivity index (χ3n) is 4.99. The van der Waals surface area contributed by atoms with E-state index in [2.05, 4.69) is 6.92 Å². The van der Waals surface area contributed by atoms with E-state index < -0.39 is 6.10 Å². The van der Waals surface area contributed by atoms with Crippen LogP contribution in [-0.2, 0) is 19.1 Å². The molecule has 4 aliphatic rings. The molecule has 0 amide bonds. The molecule has 0 aliphatic carbocycles. The van der Waals surface area contributed by atoms with Crippen LogP contribution < -0.4 is 0 Å². The van der Waals surface area contributed by atoms with Gasteiger partial charge in [-0.25, -0.2) is 4.79 Å². The fraction of sp³-hybridized carbons (Fsp3) is 0.917. The fourth-order valence-corrected chi connectivity index (χ4v) is 4.38. The van der Waals surface area contributed by atoms with Gasteiger partial charge in [0.05, 0.1) is 17.6 Å². The maximum absolute atomic E-state index is 11.9. The molecule has 4 aliphatic heterocycles. The average molecular weight is 239 g/mol. The second kappa shape index (κ2) is 3.02. The quantitative estimate of drug-likeness (QED) is 0.668. The van der Waals surface area contributed by atoms with Crippen LogP contribution in [0.3, 0.4) is 0 Å². The van der Waals surface area contributed by atoms with E-state index in [9.17, 15) is 4.79 Å². The summed E-state index contributed by atoms with van der Waals surface area (Å²) in [6, 6.07) is 0. The van der Waals surface area contributed by atoms with E-state index in [1.165, 1.54) is 0 Å². The zero-order valence-corrected chi connectivity index (χ0v) is 9.98. The minimum atomic E-state index is -0.435. The summed E-state index contributed by atoms with van der Waals surface area (Å²) in [7, 11) is 0. The summed E-state index contributed by atoms with van der Waals surface area (Å²) < 4.78 is 11.1. The summed E-state index contributed by atoms with van der Waals surface area (Å²) in [6.45, 7) is 3.69. The Labute approximate surface area is 99.9 Å². The van der Waals surface area contributed by atoms with Gasteiger partial charge in [-0.05, 0) is 19.3 Å². The molecule has 0 bridgehead atoms. The SMILES string of the molecule is CCC[C@@]12[C@H]3OC[C@@]14CCCN4O[C@@H]2C(=O)O3. The van der Waals surface area contributed by atoms with E-state index in [-0.39, 0.29) is 23.2 Å². The first-order valence-electron chi connectivity index (χ1n) is 6.51. The van der Waals surface area contributed by atoms with Gasteiger partial charge in [0.1, 0.15) is 0 Å². The molecule has 4 rings (SSSR count). The molecule has 4 fully saturated rings. The number of rotatable bonds is 2. The van der Waals surface area contributed by atoms with Crippen LogP contribution in [0, 0.1) is 5.41 Å². The molecule has 5 nitrogen and oxygen atoms in total. The lowest BCUT2D eigenvalue weighted by Gasteiger charge is -2.36. The molecule has 0 saturated carbocycles. The minimum Gasteiger partial charge on any atom is -0.433 e. The minimum absolute atomic E-state index is 0.107. The van der Waals surface area contributed by atoms with Crippen molar-refractivity contribution in [3.05, 3.63) is 0 Å². The summed E-state index contributed by atoms with van der Waals surface area (Å²) in [5.41, 5.74) is -0.361. The van der Waals surface area contributed by atoms with Gasteiger partial charge in [0.15, 0.2) is 6.10 Å². The Morgan fingerprint density at radius 1 is 1.53 bits per heavy atom. The Balaban J connectivity index is 1.87. The number of carbonyl (C=O) groups excluding carboxylic acids is 1. The van der Waals surface area contributed by atoms with Crippen molar-refractivity contribution in [1.29, 1.82) is 0 Å². The van der Waals surface area contributed by atoms with Crippen molar-refractivity contribution in [1.82, 2.24) is 5.06 Å². The lowest BCUT2D eigenvalue weighted by Crippen LogP contribution is -2.52. The van der Waals surface area contributed by atoms with Gasteiger partial charge < -0.3 is 9.47 Å². The predicted molar refractivity (Wildman–Crippen MR) is 56.7 cm³/mol. The molecule has 0 N–H and O–H groups in total. The molecule has 94 valence electrons. The molecule has 1 spiro atoms. The highest BCUT2D eigenvalue weighted by atomic mass is 16.8. The molecule has 4 atom stereocenters. The second-order valence-corrected chi connectivity index (χ2v) is 5.59. The lowest BCUT2D eigenvalue weighted by molar-refractivity contribution is -0.186. The molecule has 0 radical (unpaired) electrons. The van der Waals surface area contributed by atoms with Crippen molar-refractivity contribution in [2.24, 2.45) is 5.41 Å². The van der Waals surface area contributed by atoms with E-state index in [1.807, 2.05) is 5.06 Å². The van der Waals surface area contributed by atoms with Gasteiger partial charge in [-0.3, -0.25) is 4.84 Å². The predicted octanol–water partition coefficient (Wildman–Crippen LogP) is 0.834. The maximum Gasteiger partial charge on any atom is 0.340 e. The monoisotopic (exact) mass is 239 g/mol. The summed E-state index contributed by atoms with van der Waals surface area (Å²) in [5, 5.41) is 2.02. The van der Waals surface area contributed by atoms with E-state index in [4.69, 9.17) is 14.3 Å². The smallest absolute Gasteiger partial charge is 0.340 e. The zero-order chi connectivity index (χ0) is 11.7. The third-order valence-corrected chi connectivity index (χ3v) is 4.99. The van der Waals surface area contributed by atoms with Crippen molar-refractivity contribution in [2.75, 3.05) is 13.2 Å². The van der Waals surface area contributed by atoms with Gasteiger partial charge in [-0.2, -0.15) is 5.06 Å². The highest BCUT2D eigenvalue weighted by molar-refractivity contribution is 5.80. The Morgan fingerprint density at radius 2 is 2.41 bits per heavy atom. The van der Waals surface area contributed by atoms with E-state index >= 15 is 0 Å². The number of carbonyl (C=O) groups is 1. The molecule has 17 heavy (non-hydrogen) atoms. The Bertz CT molecular complexity index is 387. The molecular weight excluding hydrogens is 222 g/mol. The molecular formula is C12H17NO4. The molecule has 5 heteroatoms. The highest BCUT2D eigenvalue weighted by Crippen LogP contribution is 2.64. The molecule has 0 unspecified atom stereocenters. The zero-order valence-electron chi connectivity index (χ0n) is 9.98. The first-order valence-corrected chi connectivity index (χ1v) is 6.51. The molecule has 0 aromatic rings. The fourth-order valence-electron chi connectivity index (χ4n) is 4.38. The molecule has 0 aromatic heterocycles. The van der Waals surface area contributed by atoms with Gasteiger partial charge >= 0.3 is 5.97 Å². The van der Waals surface area contributed by atoms with Gasteiger partial charge in [0.2, 0.25) is 6.29 Å². The van der Waals surface area contributed by atoms with Gasteiger partial charge in [-0.1, -0.05) is 13.3 Å². The highest BCUT2D eigenvalue weighted by Gasteiger charge is 2.79. The van der Waals surface area contributed by atoms with Gasteiger partial charge in [0.25, 0.3) is 0 Å². The second-order valence-electron chi connectivity index (χ2n) is 5.59. The Morgan fingerprint density at radius 3 is 3.24 bits per heavy atom. The number of hydrogen-bond donors (Lipinski definition) is 0. The van der Waals surface area contributed by atoms with E-state index in [0.717, 1.165) is 32.2 Å². The molecule has 0 aromatic carbocycles. The Hall–Kier alpha value is -0.650. The van der Waals surface area contributed by atoms with Crippen LogP contribution in [0.5, 0.6) is 0 Å². The number of hydroxylamine groups is 2.